The molecule has 0 fully saturated rings. The molecule has 1 aromatic heterocycles. The Bertz CT molecular complexity index is 881. The number of allylic oxidation sites excluding steroid dienone is 7. The van der Waals surface area contributed by atoms with Gasteiger partial charge in [-0.05, 0) is 66.8 Å². The number of hydrogen-bond acceptors (Lipinski definition) is 3. The summed E-state index contributed by atoms with van der Waals surface area (Å²) >= 11 is 0. The van der Waals surface area contributed by atoms with Crippen LogP contribution in [0.2, 0.25) is 0 Å². The fourth-order valence-corrected chi connectivity index (χ4v) is 2.42. The van der Waals surface area contributed by atoms with Gasteiger partial charge < -0.3 is 4.98 Å². The molecule has 4 rings (SSSR count). The maximum Gasteiger partial charge on any atom is 0.0659 e. The molecule has 0 aromatic carbocycles. The van der Waals surface area contributed by atoms with E-state index in [1.165, 1.54) is 0 Å². The van der Waals surface area contributed by atoms with E-state index in [4.69, 9.17) is 0 Å². The molecule has 23 heavy (non-hydrogen) atoms. The number of aromatic nitrogens is 1. The van der Waals surface area contributed by atoms with Gasteiger partial charge in [0.05, 0.1) is 22.8 Å². The molecule has 4 nitrogen and oxygen atoms in total. The van der Waals surface area contributed by atoms with Crippen LogP contribution in [-0.4, -0.2) is 23.1 Å². The topological polar surface area (TPSA) is 52.9 Å². The minimum Gasteiger partial charge on any atom is -0.355 e. The van der Waals surface area contributed by atoms with Crippen LogP contribution in [0.15, 0.2) is 86.7 Å². The fourth-order valence-electron chi connectivity index (χ4n) is 2.42. The highest BCUT2D eigenvalue weighted by Gasteiger charge is 2.05. The van der Waals surface area contributed by atoms with E-state index in [-0.39, 0.29) is 0 Å². The van der Waals surface area contributed by atoms with Gasteiger partial charge in [0.2, 0.25) is 0 Å². The minimum atomic E-state index is 0.911. The van der Waals surface area contributed by atoms with Crippen LogP contribution in [-0.2, 0) is 0 Å². The lowest BCUT2D eigenvalue weighted by molar-refractivity contribution is 1.32. The zero-order valence-corrected chi connectivity index (χ0v) is 12.3. The second-order valence-electron chi connectivity index (χ2n) is 5.22. The van der Waals surface area contributed by atoms with Gasteiger partial charge in [0.15, 0.2) is 0 Å². The molecule has 0 unspecified atom stereocenters. The summed E-state index contributed by atoms with van der Waals surface area (Å²) in [5.41, 5.74) is 5.74. The molecule has 1 aromatic rings. The first-order valence-corrected chi connectivity index (χ1v) is 7.37. The maximum atomic E-state index is 4.57. The Kier molecular flexibility index (Phi) is 3.41. The average molecular weight is 298 g/mol. The van der Waals surface area contributed by atoms with E-state index in [2.05, 4.69) is 20.0 Å². The first kappa shape index (κ1) is 13.4. The molecule has 0 spiro atoms. The van der Waals surface area contributed by atoms with E-state index < -0.39 is 0 Å². The quantitative estimate of drug-likeness (QED) is 0.880. The molecule has 3 aliphatic heterocycles. The summed E-state index contributed by atoms with van der Waals surface area (Å²) in [5, 5.41) is 0. The Morgan fingerprint density at radius 3 is 2.00 bits per heavy atom. The van der Waals surface area contributed by atoms with Crippen LogP contribution >= 0.6 is 0 Å². The van der Waals surface area contributed by atoms with Crippen LogP contribution in [0, 0.1) is 0 Å². The molecule has 0 saturated heterocycles. The Morgan fingerprint density at radius 1 is 0.696 bits per heavy atom. The lowest BCUT2D eigenvalue weighted by Gasteiger charge is -1.92. The predicted molar refractivity (Wildman–Crippen MR) is 96.7 cm³/mol. The maximum absolute atomic E-state index is 4.57. The van der Waals surface area contributed by atoms with Gasteiger partial charge in [0.25, 0.3) is 0 Å². The minimum absolute atomic E-state index is 0.911. The van der Waals surface area contributed by atoms with Gasteiger partial charge in [-0.3, -0.25) is 9.98 Å². The van der Waals surface area contributed by atoms with E-state index in [0.717, 1.165) is 34.2 Å². The molecule has 4 heterocycles. The van der Waals surface area contributed by atoms with Crippen molar-refractivity contribution in [1.82, 2.24) is 4.98 Å². The summed E-state index contributed by atoms with van der Waals surface area (Å²) < 4.78 is 0. The third kappa shape index (κ3) is 3.16. The molecule has 3 aliphatic rings. The summed E-state index contributed by atoms with van der Waals surface area (Å²) in [6.07, 6.45) is 21.3. The van der Waals surface area contributed by atoms with Crippen LogP contribution in [0.1, 0.15) is 11.4 Å². The third-order valence-electron chi connectivity index (χ3n) is 3.47. The van der Waals surface area contributed by atoms with Gasteiger partial charge in [-0.15, -0.1) is 0 Å². The van der Waals surface area contributed by atoms with Crippen LogP contribution in [0.25, 0.3) is 12.2 Å². The molecule has 0 amide bonds. The molecule has 4 heteroatoms. The van der Waals surface area contributed by atoms with Crippen molar-refractivity contribution in [2.24, 2.45) is 15.0 Å². The SMILES string of the molecule is C1=CC(=CC2=NC(=Cc3ccc(/C=C4/C=CC=N4)[nH]3)C=C2)N=C1. The molecule has 0 aliphatic carbocycles. The first-order chi connectivity index (χ1) is 11.3. The highest BCUT2D eigenvalue weighted by molar-refractivity contribution is 6.08. The molecular weight excluding hydrogens is 284 g/mol. The molecule has 1 N–H and O–H groups in total. The Morgan fingerprint density at radius 2 is 1.35 bits per heavy atom. The number of rotatable bonds is 3. The summed E-state index contributed by atoms with van der Waals surface area (Å²) in [5.74, 6) is 0. The van der Waals surface area contributed by atoms with Crippen LogP contribution < -0.4 is 0 Å². The number of nitrogens with zero attached hydrogens (tertiary/aromatic N) is 3. The molecular formula is C19H14N4. The number of hydrogen-bond donors (Lipinski definition) is 1. The second kappa shape index (κ2) is 5.85. The van der Waals surface area contributed by atoms with Crippen molar-refractivity contribution in [3.8, 4) is 0 Å². The molecule has 0 atom stereocenters. The summed E-state index contributed by atoms with van der Waals surface area (Å²) in [6, 6.07) is 4.07. The van der Waals surface area contributed by atoms with E-state index in [1.807, 2.05) is 66.8 Å². The highest BCUT2D eigenvalue weighted by Crippen LogP contribution is 2.17. The summed E-state index contributed by atoms with van der Waals surface area (Å²) in [7, 11) is 0. The largest absolute Gasteiger partial charge is 0.355 e. The average Bonchev–Trinajstić information content (AvgIpc) is 3.31. The Hall–Kier alpha value is -3.27. The Labute approximate surface area is 134 Å². The highest BCUT2D eigenvalue weighted by atomic mass is 14.8. The van der Waals surface area contributed by atoms with Crippen molar-refractivity contribution in [3.63, 3.8) is 0 Å². The monoisotopic (exact) mass is 298 g/mol. The smallest absolute Gasteiger partial charge is 0.0659 e. The van der Waals surface area contributed by atoms with Gasteiger partial charge in [-0.25, -0.2) is 4.99 Å². The van der Waals surface area contributed by atoms with Crippen molar-refractivity contribution in [2.75, 3.05) is 0 Å². The van der Waals surface area contributed by atoms with Gasteiger partial charge in [0.1, 0.15) is 0 Å². The lowest BCUT2D eigenvalue weighted by Crippen LogP contribution is -1.84. The van der Waals surface area contributed by atoms with Gasteiger partial charge in [-0.1, -0.05) is 0 Å². The summed E-state index contributed by atoms with van der Waals surface area (Å²) in [4.78, 5) is 16.4. The standard InChI is InChI=1S/C19H14N4/c1-3-14(20-9-1)11-16-5-7-18(22-16)13-19-8-6-17(23-19)12-15-4-2-10-21-15/h1-13,22H/b14-11-,15-12?,19-13?. The zero-order valence-electron chi connectivity index (χ0n) is 12.3. The van der Waals surface area contributed by atoms with Crippen molar-refractivity contribution < 1.29 is 0 Å². The lowest BCUT2D eigenvalue weighted by atomic mass is 10.3. The van der Waals surface area contributed by atoms with E-state index in [0.29, 0.717) is 0 Å². The third-order valence-corrected chi connectivity index (χ3v) is 3.47. The number of aromatic amines is 1. The second-order valence-corrected chi connectivity index (χ2v) is 5.22. The number of nitrogens with one attached hydrogen (secondary N) is 1. The molecule has 110 valence electrons. The van der Waals surface area contributed by atoms with E-state index in [1.54, 1.807) is 12.4 Å². The normalized spacial score (nSPS) is 23.3. The zero-order chi connectivity index (χ0) is 15.5. The van der Waals surface area contributed by atoms with E-state index >= 15 is 0 Å². The van der Waals surface area contributed by atoms with Crippen LogP contribution in [0.3, 0.4) is 0 Å². The van der Waals surface area contributed by atoms with Gasteiger partial charge in [-0.2, -0.15) is 0 Å². The van der Waals surface area contributed by atoms with Gasteiger partial charge >= 0.3 is 0 Å². The van der Waals surface area contributed by atoms with Crippen LogP contribution in [0.4, 0.5) is 0 Å². The van der Waals surface area contributed by atoms with Crippen molar-refractivity contribution in [2.45, 2.75) is 0 Å². The summed E-state index contributed by atoms with van der Waals surface area (Å²) in [6.45, 7) is 0. The fraction of sp³-hybridized carbons (Fsp3) is 0. The van der Waals surface area contributed by atoms with Crippen molar-refractivity contribution >= 4 is 30.3 Å². The Balaban J connectivity index is 1.52. The molecule has 0 bridgehead atoms. The van der Waals surface area contributed by atoms with Crippen LogP contribution in [0.5, 0.6) is 0 Å². The van der Waals surface area contributed by atoms with Crippen molar-refractivity contribution in [1.29, 1.82) is 0 Å². The number of aliphatic imine (C=N–C) groups is 3. The molecule has 0 saturated carbocycles. The van der Waals surface area contributed by atoms with E-state index in [9.17, 15) is 0 Å². The molecule has 0 radical (unpaired) electrons. The number of H-pyrrole nitrogens is 1. The van der Waals surface area contributed by atoms with Crippen molar-refractivity contribution in [3.05, 3.63) is 83.1 Å². The van der Waals surface area contributed by atoms with Gasteiger partial charge in [0, 0.05) is 23.8 Å². The first-order valence-electron chi connectivity index (χ1n) is 7.37. The predicted octanol–water partition coefficient (Wildman–Crippen LogP) is 3.87.